The van der Waals surface area contributed by atoms with E-state index >= 15 is 0 Å². The van der Waals surface area contributed by atoms with Crippen LogP contribution in [0.4, 0.5) is 10.1 Å². The largest absolute Gasteiger partial charge is 0.305 e. The number of para-hydroxylation sites is 1. The molecule has 1 amide bonds. The Labute approximate surface area is 161 Å². The van der Waals surface area contributed by atoms with Gasteiger partial charge in [-0.2, -0.15) is 5.10 Å². The summed E-state index contributed by atoms with van der Waals surface area (Å²) in [6, 6.07) is 8.34. The molecule has 1 aromatic carbocycles. The van der Waals surface area contributed by atoms with Gasteiger partial charge in [-0.1, -0.05) is 39.0 Å². The smallest absolute Gasteiger partial charge is 0.262 e. The van der Waals surface area contributed by atoms with Gasteiger partial charge in [-0.25, -0.2) is 4.39 Å². The van der Waals surface area contributed by atoms with Crippen molar-refractivity contribution in [1.29, 1.82) is 0 Å². The Balaban J connectivity index is 2.02. The zero-order valence-corrected chi connectivity index (χ0v) is 16.9. The molecule has 0 spiro atoms. The van der Waals surface area contributed by atoms with Crippen molar-refractivity contribution in [3.05, 3.63) is 47.3 Å². The average molecular weight is 372 g/mol. The summed E-state index contributed by atoms with van der Waals surface area (Å²) in [7, 11) is 1.72. The number of aryl methyl sites for hydroxylation is 1. The minimum atomic E-state index is -1.28. The summed E-state index contributed by atoms with van der Waals surface area (Å²) in [6.07, 6.45) is 3.40. The molecule has 2 atom stereocenters. The van der Waals surface area contributed by atoms with E-state index in [2.05, 4.69) is 31.9 Å². The molecule has 5 heteroatoms. The van der Waals surface area contributed by atoms with Crippen LogP contribution < -0.4 is 4.90 Å². The van der Waals surface area contributed by atoms with Crippen molar-refractivity contribution >= 4 is 11.6 Å². The third-order valence-corrected chi connectivity index (χ3v) is 5.15. The van der Waals surface area contributed by atoms with Crippen molar-refractivity contribution in [1.82, 2.24) is 9.78 Å². The fourth-order valence-corrected chi connectivity index (χ4v) is 3.86. The highest BCUT2D eigenvalue weighted by Gasteiger charge is 2.37. The highest BCUT2D eigenvalue weighted by molar-refractivity contribution is 6.08. The summed E-state index contributed by atoms with van der Waals surface area (Å²) in [5.74, 6) is 0.786. The molecule has 0 radical (unpaired) electrons. The topological polar surface area (TPSA) is 38.1 Å². The maximum absolute atomic E-state index is 14.1. The van der Waals surface area contributed by atoms with Gasteiger partial charge in [0.05, 0.1) is 5.56 Å². The lowest BCUT2D eigenvalue weighted by Crippen LogP contribution is -2.34. The standard InChI is InChI=1S/C22H30FN3O/c1-14(2)12-15(3)18-8-6-7-9-20(18)26(17-10-11-17)22(27)19-13-25(5)24-21(19)16(4)23/h6-9,13-17H,10-12H2,1-5H3. The Morgan fingerprint density at radius 2 is 1.93 bits per heavy atom. The van der Waals surface area contributed by atoms with Crippen molar-refractivity contribution in [3.63, 3.8) is 0 Å². The van der Waals surface area contributed by atoms with Gasteiger partial charge in [0.2, 0.25) is 0 Å². The van der Waals surface area contributed by atoms with Gasteiger partial charge in [-0.05, 0) is 49.7 Å². The van der Waals surface area contributed by atoms with Crippen LogP contribution in [0.5, 0.6) is 0 Å². The Morgan fingerprint density at radius 3 is 2.52 bits per heavy atom. The van der Waals surface area contributed by atoms with Crippen molar-refractivity contribution in [2.45, 2.75) is 65.1 Å². The molecule has 4 nitrogen and oxygen atoms in total. The number of aromatic nitrogens is 2. The molecule has 0 saturated heterocycles. The van der Waals surface area contributed by atoms with Crippen molar-refractivity contribution < 1.29 is 9.18 Å². The lowest BCUT2D eigenvalue weighted by Gasteiger charge is -2.28. The number of nitrogens with zero attached hydrogens (tertiary/aromatic N) is 3. The fourth-order valence-electron chi connectivity index (χ4n) is 3.86. The van der Waals surface area contributed by atoms with E-state index in [4.69, 9.17) is 0 Å². The van der Waals surface area contributed by atoms with Gasteiger partial charge in [-0.15, -0.1) is 0 Å². The first-order valence-corrected chi connectivity index (χ1v) is 9.89. The summed E-state index contributed by atoms with van der Waals surface area (Å²) in [4.78, 5) is 15.4. The molecule has 1 saturated carbocycles. The molecule has 3 rings (SSSR count). The molecule has 146 valence electrons. The SMILES string of the molecule is CC(C)CC(C)c1ccccc1N(C(=O)c1cn(C)nc1C(C)F)C1CC1. The highest BCUT2D eigenvalue weighted by atomic mass is 19.1. The Kier molecular flexibility index (Phi) is 5.68. The first kappa shape index (κ1) is 19.6. The molecule has 1 aliphatic rings. The third kappa shape index (κ3) is 4.23. The average Bonchev–Trinajstić information content (AvgIpc) is 3.35. The number of halogens is 1. The maximum atomic E-state index is 14.1. The quantitative estimate of drug-likeness (QED) is 0.653. The lowest BCUT2D eigenvalue weighted by molar-refractivity contribution is 0.0982. The van der Waals surface area contributed by atoms with Gasteiger partial charge in [0.25, 0.3) is 5.91 Å². The first-order valence-electron chi connectivity index (χ1n) is 9.89. The minimum absolute atomic E-state index is 0.144. The molecule has 2 unspecified atom stereocenters. The van der Waals surface area contributed by atoms with Gasteiger partial charge in [-0.3, -0.25) is 9.48 Å². The van der Waals surface area contributed by atoms with Crippen molar-refractivity contribution in [3.8, 4) is 0 Å². The Bertz CT molecular complexity index is 808. The van der Waals surface area contributed by atoms with Crippen LogP contribution in [0.15, 0.2) is 30.5 Å². The van der Waals surface area contributed by atoms with Gasteiger partial charge < -0.3 is 4.90 Å². The number of benzene rings is 1. The van der Waals surface area contributed by atoms with Crippen LogP contribution in [-0.2, 0) is 7.05 Å². The van der Waals surface area contributed by atoms with Crippen molar-refractivity contribution in [2.75, 3.05) is 4.90 Å². The molecular weight excluding hydrogens is 341 g/mol. The molecular formula is C22H30FN3O. The lowest BCUT2D eigenvalue weighted by atomic mass is 9.90. The van der Waals surface area contributed by atoms with Crippen LogP contribution in [0.1, 0.15) is 80.7 Å². The van der Waals surface area contributed by atoms with E-state index in [-0.39, 0.29) is 17.6 Å². The fraction of sp³-hybridized carbons (Fsp3) is 0.545. The molecule has 0 aliphatic heterocycles. The van der Waals surface area contributed by atoms with Crippen LogP contribution in [-0.4, -0.2) is 21.7 Å². The predicted molar refractivity (Wildman–Crippen MR) is 107 cm³/mol. The second kappa shape index (κ2) is 7.83. The van der Waals surface area contributed by atoms with Gasteiger partial charge in [0.1, 0.15) is 11.9 Å². The monoisotopic (exact) mass is 371 g/mol. The van der Waals surface area contributed by atoms with Crippen LogP contribution in [0, 0.1) is 5.92 Å². The summed E-state index contributed by atoms with van der Waals surface area (Å²) < 4.78 is 15.6. The normalized spacial score (nSPS) is 16.4. The van der Waals surface area contributed by atoms with E-state index in [9.17, 15) is 9.18 Å². The number of carbonyl (C=O) groups excluding carboxylic acids is 1. The molecule has 1 aliphatic carbocycles. The van der Waals surface area contributed by atoms with E-state index in [0.29, 0.717) is 17.4 Å². The molecule has 27 heavy (non-hydrogen) atoms. The Morgan fingerprint density at radius 1 is 1.26 bits per heavy atom. The zero-order chi connectivity index (χ0) is 19.7. The van der Waals surface area contributed by atoms with Crippen molar-refractivity contribution in [2.24, 2.45) is 13.0 Å². The summed E-state index contributed by atoms with van der Waals surface area (Å²) >= 11 is 0. The van der Waals surface area contributed by atoms with E-state index in [1.807, 2.05) is 23.1 Å². The predicted octanol–water partition coefficient (Wildman–Crippen LogP) is 5.41. The van der Waals surface area contributed by atoms with E-state index < -0.39 is 6.17 Å². The van der Waals surface area contributed by atoms with Gasteiger partial charge in [0.15, 0.2) is 0 Å². The van der Waals surface area contributed by atoms with E-state index in [0.717, 1.165) is 24.9 Å². The number of rotatable bonds is 7. The van der Waals surface area contributed by atoms with Crippen LogP contribution in [0.3, 0.4) is 0 Å². The Hall–Kier alpha value is -2.17. The molecule has 0 bridgehead atoms. The first-order chi connectivity index (χ1) is 12.8. The number of anilines is 1. The second-order valence-electron chi connectivity index (χ2n) is 8.21. The summed E-state index contributed by atoms with van der Waals surface area (Å²) in [5, 5.41) is 4.18. The minimum Gasteiger partial charge on any atom is -0.305 e. The van der Waals surface area contributed by atoms with E-state index in [1.54, 1.807) is 13.2 Å². The van der Waals surface area contributed by atoms with Gasteiger partial charge in [0, 0.05) is 25.0 Å². The maximum Gasteiger partial charge on any atom is 0.262 e. The van der Waals surface area contributed by atoms with Crippen LogP contribution >= 0.6 is 0 Å². The van der Waals surface area contributed by atoms with Crippen LogP contribution in [0.25, 0.3) is 0 Å². The number of carbonyl (C=O) groups is 1. The number of alkyl halides is 1. The molecule has 1 heterocycles. The number of hydrogen-bond donors (Lipinski definition) is 0. The third-order valence-electron chi connectivity index (χ3n) is 5.15. The molecule has 2 aromatic rings. The number of amides is 1. The molecule has 1 aromatic heterocycles. The van der Waals surface area contributed by atoms with E-state index in [1.165, 1.54) is 17.2 Å². The zero-order valence-electron chi connectivity index (χ0n) is 16.9. The molecule has 0 N–H and O–H groups in total. The highest BCUT2D eigenvalue weighted by Crippen LogP contribution is 2.39. The number of hydrogen-bond acceptors (Lipinski definition) is 2. The van der Waals surface area contributed by atoms with Gasteiger partial charge >= 0.3 is 0 Å². The second-order valence-corrected chi connectivity index (χ2v) is 8.21. The van der Waals surface area contributed by atoms with Crippen LogP contribution in [0.2, 0.25) is 0 Å². The summed E-state index contributed by atoms with van der Waals surface area (Å²) in [5.41, 5.74) is 2.73. The summed E-state index contributed by atoms with van der Waals surface area (Å²) in [6.45, 7) is 8.08. The molecule has 1 fully saturated rings.